The van der Waals surface area contributed by atoms with E-state index in [1.54, 1.807) is 44.2 Å². The van der Waals surface area contributed by atoms with Crippen LogP contribution in [0.3, 0.4) is 0 Å². The number of rotatable bonds is 8. The van der Waals surface area contributed by atoms with Crippen molar-refractivity contribution in [1.82, 2.24) is 5.32 Å². The van der Waals surface area contributed by atoms with Gasteiger partial charge in [-0.3, -0.25) is 4.79 Å². The Morgan fingerprint density at radius 2 is 1.79 bits per heavy atom. The molecular weight excluding hydrogens is 463 g/mol. The SMILES string of the molecule is CCOC(=O)C(=O)Nc1cc(C)c(Oc2ccc(O)c(CNCc3ccc(F)cc3)c2)c(Cl)c1. The van der Waals surface area contributed by atoms with E-state index < -0.39 is 11.9 Å². The molecule has 0 heterocycles. The Morgan fingerprint density at radius 3 is 2.47 bits per heavy atom. The minimum atomic E-state index is -0.985. The molecule has 0 spiro atoms. The number of esters is 1. The van der Waals surface area contributed by atoms with Gasteiger partial charge in [0.1, 0.15) is 23.1 Å². The summed E-state index contributed by atoms with van der Waals surface area (Å²) in [6, 6.07) is 14.0. The van der Waals surface area contributed by atoms with Gasteiger partial charge in [-0.2, -0.15) is 0 Å². The number of amides is 1. The van der Waals surface area contributed by atoms with Gasteiger partial charge in [-0.1, -0.05) is 23.7 Å². The molecule has 0 fully saturated rings. The van der Waals surface area contributed by atoms with Crippen molar-refractivity contribution in [3.63, 3.8) is 0 Å². The molecule has 34 heavy (non-hydrogen) atoms. The third-order valence-electron chi connectivity index (χ3n) is 4.78. The number of aromatic hydroxyl groups is 1. The number of aryl methyl sites for hydroxylation is 1. The van der Waals surface area contributed by atoms with Gasteiger partial charge in [-0.15, -0.1) is 0 Å². The number of phenols is 1. The Morgan fingerprint density at radius 1 is 1.06 bits per heavy atom. The van der Waals surface area contributed by atoms with Crippen molar-refractivity contribution in [2.75, 3.05) is 11.9 Å². The molecule has 0 saturated heterocycles. The number of hydrogen-bond acceptors (Lipinski definition) is 6. The molecule has 7 nitrogen and oxygen atoms in total. The lowest BCUT2D eigenvalue weighted by molar-refractivity contribution is -0.152. The molecule has 0 aromatic heterocycles. The highest BCUT2D eigenvalue weighted by atomic mass is 35.5. The van der Waals surface area contributed by atoms with Crippen LogP contribution in [0.2, 0.25) is 5.02 Å². The summed E-state index contributed by atoms with van der Waals surface area (Å²) in [7, 11) is 0. The maximum atomic E-state index is 13.0. The first-order chi connectivity index (χ1) is 16.3. The van der Waals surface area contributed by atoms with Crippen LogP contribution in [0.4, 0.5) is 10.1 Å². The van der Waals surface area contributed by atoms with E-state index >= 15 is 0 Å². The number of hydrogen-bond donors (Lipinski definition) is 3. The van der Waals surface area contributed by atoms with E-state index in [9.17, 15) is 19.1 Å². The second-order valence-corrected chi connectivity index (χ2v) is 7.81. The molecule has 0 unspecified atom stereocenters. The van der Waals surface area contributed by atoms with Gasteiger partial charge in [0.2, 0.25) is 0 Å². The molecule has 3 aromatic rings. The van der Waals surface area contributed by atoms with Crippen molar-refractivity contribution >= 4 is 29.2 Å². The second-order valence-electron chi connectivity index (χ2n) is 7.40. The van der Waals surface area contributed by atoms with Crippen molar-refractivity contribution in [2.24, 2.45) is 0 Å². The van der Waals surface area contributed by atoms with Gasteiger partial charge in [0.25, 0.3) is 0 Å². The van der Waals surface area contributed by atoms with E-state index in [0.29, 0.717) is 41.4 Å². The summed E-state index contributed by atoms with van der Waals surface area (Å²) >= 11 is 6.36. The molecular formula is C25H24ClFN2O5. The van der Waals surface area contributed by atoms with Crippen LogP contribution in [-0.2, 0) is 27.4 Å². The lowest BCUT2D eigenvalue weighted by Gasteiger charge is -2.15. The van der Waals surface area contributed by atoms with Crippen molar-refractivity contribution in [3.05, 3.63) is 82.1 Å². The van der Waals surface area contributed by atoms with E-state index in [4.69, 9.17) is 16.3 Å². The molecule has 1 amide bonds. The summed E-state index contributed by atoms with van der Waals surface area (Å²) in [5.74, 6) is -1.27. The maximum absolute atomic E-state index is 13.0. The zero-order valence-corrected chi connectivity index (χ0v) is 19.4. The van der Waals surface area contributed by atoms with Gasteiger partial charge >= 0.3 is 11.9 Å². The highest BCUT2D eigenvalue weighted by Gasteiger charge is 2.17. The zero-order valence-electron chi connectivity index (χ0n) is 18.7. The largest absolute Gasteiger partial charge is 0.508 e. The van der Waals surface area contributed by atoms with E-state index in [-0.39, 0.29) is 23.2 Å². The predicted molar refractivity (Wildman–Crippen MR) is 127 cm³/mol. The average molecular weight is 487 g/mol. The first-order valence-electron chi connectivity index (χ1n) is 10.5. The number of carbonyl (C=O) groups is 2. The average Bonchev–Trinajstić information content (AvgIpc) is 2.79. The van der Waals surface area contributed by atoms with Crippen LogP contribution in [0.15, 0.2) is 54.6 Å². The van der Waals surface area contributed by atoms with Crippen molar-refractivity contribution < 1.29 is 28.6 Å². The van der Waals surface area contributed by atoms with Crippen LogP contribution in [-0.4, -0.2) is 23.6 Å². The molecule has 0 atom stereocenters. The van der Waals surface area contributed by atoms with Crippen LogP contribution in [0.5, 0.6) is 17.2 Å². The summed E-state index contributed by atoms with van der Waals surface area (Å²) in [5, 5.41) is 16.1. The fraction of sp³-hybridized carbons (Fsp3) is 0.200. The Kier molecular flexibility index (Phi) is 8.45. The number of nitrogens with one attached hydrogen (secondary N) is 2. The molecule has 3 rings (SSSR count). The predicted octanol–water partition coefficient (Wildman–Crippen LogP) is 5.08. The highest BCUT2D eigenvalue weighted by Crippen LogP contribution is 2.36. The molecule has 178 valence electrons. The number of phenolic OH excluding ortho intramolecular Hbond substituents is 1. The normalized spacial score (nSPS) is 10.6. The number of carbonyl (C=O) groups excluding carboxylic acids is 2. The highest BCUT2D eigenvalue weighted by molar-refractivity contribution is 6.37. The van der Waals surface area contributed by atoms with Gasteiger partial charge < -0.3 is 25.2 Å². The fourth-order valence-corrected chi connectivity index (χ4v) is 3.44. The minimum absolute atomic E-state index is 0.0925. The number of benzene rings is 3. The monoisotopic (exact) mass is 486 g/mol. The van der Waals surface area contributed by atoms with Crippen LogP contribution in [0.25, 0.3) is 0 Å². The summed E-state index contributed by atoms with van der Waals surface area (Å²) in [6.45, 7) is 4.29. The van der Waals surface area contributed by atoms with E-state index in [0.717, 1.165) is 5.56 Å². The van der Waals surface area contributed by atoms with Gasteiger partial charge in [0, 0.05) is 24.3 Å². The van der Waals surface area contributed by atoms with Gasteiger partial charge in [0.05, 0.1) is 11.6 Å². The quantitative estimate of drug-likeness (QED) is 0.303. The van der Waals surface area contributed by atoms with Crippen molar-refractivity contribution in [3.8, 4) is 17.2 Å². The fourth-order valence-electron chi connectivity index (χ4n) is 3.14. The Hall–Kier alpha value is -3.62. The number of anilines is 1. The molecule has 0 bridgehead atoms. The summed E-state index contributed by atoms with van der Waals surface area (Å²) in [6.07, 6.45) is 0. The zero-order chi connectivity index (χ0) is 24.7. The van der Waals surface area contributed by atoms with E-state index in [1.807, 2.05) is 0 Å². The first-order valence-corrected chi connectivity index (χ1v) is 10.9. The van der Waals surface area contributed by atoms with Crippen LogP contribution in [0.1, 0.15) is 23.6 Å². The lowest BCUT2D eigenvalue weighted by atomic mass is 10.1. The third-order valence-corrected chi connectivity index (χ3v) is 5.06. The number of halogens is 2. The number of ether oxygens (including phenoxy) is 2. The van der Waals surface area contributed by atoms with Gasteiger partial charge in [-0.25, -0.2) is 9.18 Å². The van der Waals surface area contributed by atoms with Crippen molar-refractivity contribution in [1.29, 1.82) is 0 Å². The Bertz CT molecular complexity index is 1160. The molecule has 0 saturated carbocycles. The second kappa shape index (κ2) is 11.5. The summed E-state index contributed by atoms with van der Waals surface area (Å²) < 4.78 is 23.6. The molecule has 3 N–H and O–H groups in total. The Labute approximate surface area is 201 Å². The van der Waals surface area contributed by atoms with E-state index in [1.165, 1.54) is 24.3 Å². The molecule has 3 aromatic carbocycles. The lowest BCUT2D eigenvalue weighted by Crippen LogP contribution is -2.25. The third kappa shape index (κ3) is 6.69. The topological polar surface area (TPSA) is 96.9 Å². The molecule has 0 radical (unpaired) electrons. The summed E-state index contributed by atoms with van der Waals surface area (Å²) in [4.78, 5) is 23.4. The van der Waals surface area contributed by atoms with Crippen molar-refractivity contribution in [2.45, 2.75) is 26.9 Å². The van der Waals surface area contributed by atoms with Gasteiger partial charge in [-0.05, 0) is 67.4 Å². The van der Waals surface area contributed by atoms with Crippen LogP contribution < -0.4 is 15.4 Å². The minimum Gasteiger partial charge on any atom is -0.508 e. The molecule has 0 aliphatic rings. The van der Waals surface area contributed by atoms with E-state index in [2.05, 4.69) is 15.4 Å². The Balaban J connectivity index is 1.68. The first kappa shape index (κ1) is 25.0. The summed E-state index contributed by atoms with van der Waals surface area (Å²) in [5.41, 5.74) is 2.46. The van der Waals surface area contributed by atoms with Gasteiger partial charge in [0.15, 0.2) is 0 Å². The molecule has 9 heteroatoms. The maximum Gasteiger partial charge on any atom is 0.397 e. The standard InChI is InChI=1S/C25H24ClFN2O5/c1-3-33-25(32)24(31)29-19-10-15(2)23(21(26)12-19)34-20-8-9-22(30)17(11-20)14-28-13-16-4-6-18(27)7-5-16/h4-12,28,30H,3,13-14H2,1-2H3,(H,29,31). The molecule has 0 aliphatic heterocycles. The smallest absolute Gasteiger partial charge is 0.397 e. The van der Waals surface area contributed by atoms with Crippen LogP contribution >= 0.6 is 11.6 Å². The molecule has 0 aliphatic carbocycles. The van der Waals surface area contributed by atoms with Crippen LogP contribution in [0, 0.1) is 12.7 Å².